The second kappa shape index (κ2) is 8.94. The van der Waals surface area contributed by atoms with Crippen LogP contribution in [0.4, 0.5) is 0 Å². The predicted octanol–water partition coefficient (Wildman–Crippen LogP) is 6.70. The molecule has 1 saturated carbocycles. The lowest BCUT2D eigenvalue weighted by Gasteiger charge is -2.10. The van der Waals surface area contributed by atoms with Crippen molar-refractivity contribution < 1.29 is 14.8 Å². The number of benzene rings is 2. The molecule has 2 aromatic carbocycles. The Balaban J connectivity index is 1.58. The fourth-order valence-corrected chi connectivity index (χ4v) is 5.80. The number of carbonyl (C=O) groups excluding carboxylic acids is 2. The van der Waals surface area contributed by atoms with E-state index < -0.39 is 0 Å². The lowest BCUT2D eigenvalue weighted by atomic mass is 9.95. The van der Waals surface area contributed by atoms with Gasteiger partial charge in [-0.1, -0.05) is 36.9 Å². The third-order valence-electron chi connectivity index (χ3n) is 6.79. The van der Waals surface area contributed by atoms with Gasteiger partial charge in [0.2, 0.25) is 11.6 Å². The van der Waals surface area contributed by atoms with E-state index in [1.165, 1.54) is 24.2 Å². The lowest BCUT2D eigenvalue weighted by Crippen LogP contribution is -2.17. The zero-order chi connectivity index (χ0) is 22.9. The number of rotatable bonds is 7. The van der Waals surface area contributed by atoms with Crippen molar-refractivity contribution in [2.75, 3.05) is 0 Å². The monoisotopic (exact) mass is 458 g/mol. The number of hydrogen-bond acceptors (Lipinski definition) is 5. The fourth-order valence-electron chi connectivity index (χ4n) is 5.11. The molecule has 2 aromatic heterocycles. The van der Waals surface area contributed by atoms with Gasteiger partial charge < -0.3 is 9.77 Å². The number of aromatic nitrogens is 1. The Hall–Kier alpha value is -3.25. The average Bonchev–Trinajstić information content (AvgIpc) is 3.61. The summed E-state index contributed by atoms with van der Waals surface area (Å²) in [5, 5.41) is 16.7. The van der Waals surface area contributed by atoms with E-state index in [0.717, 1.165) is 41.2 Å². The van der Waals surface area contributed by atoms with Crippen molar-refractivity contribution in [3.63, 3.8) is 0 Å². The zero-order valence-electron chi connectivity index (χ0n) is 18.6. The number of fused-ring (bicyclic) bond motifs is 3. The van der Waals surface area contributed by atoms with Crippen LogP contribution in [0.1, 0.15) is 64.6 Å². The minimum atomic E-state index is -0.227. The summed E-state index contributed by atoms with van der Waals surface area (Å²) in [4.78, 5) is 26.8. The van der Waals surface area contributed by atoms with Gasteiger partial charge in [0.15, 0.2) is 0 Å². The van der Waals surface area contributed by atoms with E-state index in [1.54, 1.807) is 0 Å². The quantitative estimate of drug-likeness (QED) is 0.145. The van der Waals surface area contributed by atoms with Crippen LogP contribution in [0.2, 0.25) is 0 Å². The molecule has 2 heterocycles. The van der Waals surface area contributed by atoms with Crippen molar-refractivity contribution in [2.24, 2.45) is 11.1 Å². The Morgan fingerprint density at radius 3 is 2.30 bits per heavy atom. The van der Waals surface area contributed by atoms with Crippen LogP contribution in [0.15, 0.2) is 59.1 Å². The van der Waals surface area contributed by atoms with E-state index in [9.17, 15) is 14.8 Å². The van der Waals surface area contributed by atoms with Gasteiger partial charge in [0, 0.05) is 39.5 Å². The van der Waals surface area contributed by atoms with Crippen LogP contribution in [0.5, 0.6) is 0 Å². The molecule has 1 aliphatic rings. The molecule has 0 amide bonds. The Morgan fingerprint density at radius 1 is 1.03 bits per heavy atom. The summed E-state index contributed by atoms with van der Waals surface area (Å²) in [6.45, 7) is 2.86. The normalized spacial score (nSPS) is 15.0. The van der Waals surface area contributed by atoms with Gasteiger partial charge in [-0.2, -0.15) is 0 Å². The first kappa shape index (κ1) is 21.6. The minimum Gasteiger partial charge on any atom is -0.411 e. The summed E-state index contributed by atoms with van der Waals surface area (Å²) < 4.78 is 2.19. The van der Waals surface area contributed by atoms with Crippen LogP contribution in [0.3, 0.4) is 0 Å². The van der Waals surface area contributed by atoms with Crippen molar-refractivity contribution >= 4 is 50.4 Å². The maximum atomic E-state index is 13.2. The molecule has 6 heteroatoms. The number of hydrogen-bond donors (Lipinski definition) is 1. The van der Waals surface area contributed by atoms with Gasteiger partial charge in [0.25, 0.3) is 0 Å². The second-order valence-electron chi connectivity index (χ2n) is 8.74. The maximum Gasteiger partial charge on any atom is 0.210 e. The summed E-state index contributed by atoms with van der Waals surface area (Å²) in [5.74, 6) is 0.189. The molecule has 0 aliphatic heterocycles. The van der Waals surface area contributed by atoms with Crippen LogP contribution in [-0.2, 0) is 6.54 Å². The van der Waals surface area contributed by atoms with Gasteiger partial charge in [0.1, 0.15) is 5.71 Å². The summed E-state index contributed by atoms with van der Waals surface area (Å²) >= 11 is 1.43. The third-order valence-corrected chi connectivity index (χ3v) is 7.66. The van der Waals surface area contributed by atoms with E-state index in [2.05, 4.69) is 16.6 Å². The van der Waals surface area contributed by atoms with Crippen LogP contribution < -0.4 is 0 Å². The first-order valence-corrected chi connectivity index (χ1v) is 12.4. The molecular formula is C27H26N2O3S. The zero-order valence-corrected chi connectivity index (χ0v) is 19.4. The first-order valence-electron chi connectivity index (χ1n) is 11.5. The number of aryl methyl sites for hydroxylation is 1. The van der Waals surface area contributed by atoms with Gasteiger partial charge in [-0.05, 0) is 67.1 Å². The van der Waals surface area contributed by atoms with Crippen molar-refractivity contribution in [3.8, 4) is 0 Å². The molecule has 33 heavy (non-hydrogen) atoms. The Morgan fingerprint density at radius 2 is 1.70 bits per heavy atom. The lowest BCUT2D eigenvalue weighted by molar-refractivity contribution is 0.103. The molecule has 168 valence electrons. The molecule has 4 aromatic rings. The van der Waals surface area contributed by atoms with E-state index in [0.29, 0.717) is 28.3 Å². The third kappa shape index (κ3) is 3.89. The molecule has 0 radical (unpaired) electrons. The molecule has 0 atom stereocenters. The predicted molar refractivity (Wildman–Crippen MR) is 133 cm³/mol. The Bertz CT molecular complexity index is 1380. The van der Waals surface area contributed by atoms with Crippen LogP contribution in [0, 0.1) is 5.92 Å². The first-order chi connectivity index (χ1) is 16.1. The highest BCUT2D eigenvalue weighted by molar-refractivity contribution is 7.12. The number of oxime groups is 1. The summed E-state index contributed by atoms with van der Waals surface area (Å²) in [6, 6.07) is 15.2. The molecule has 5 nitrogen and oxygen atoms in total. The van der Waals surface area contributed by atoms with Crippen LogP contribution >= 0.6 is 11.3 Å². The molecule has 0 spiro atoms. The summed E-state index contributed by atoms with van der Waals surface area (Å²) in [5.41, 5.74) is 3.42. The molecule has 1 fully saturated rings. The van der Waals surface area contributed by atoms with Gasteiger partial charge in [0.05, 0.1) is 4.88 Å². The maximum absolute atomic E-state index is 13.2. The number of nitrogens with zero attached hydrogens (tertiary/aromatic N) is 2. The minimum absolute atomic E-state index is 0.00259. The van der Waals surface area contributed by atoms with E-state index in [-0.39, 0.29) is 17.3 Å². The van der Waals surface area contributed by atoms with Crippen LogP contribution in [0.25, 0.3) is 21.8 Å². The molecule has 1 N–H and O–H groups in total. The smallest absolute Gasteiger partial charge is 0.210 e. The van der Waals surface area contributed by atoms with Gasteiger partial charge in [-0.3, -0.25) is 9.59 Å². The van der Waals surface area contributed by atoms with Gasteiger partial charge >= 0.3 is 0 Å². The molecule has 5 rings (SSSR count). The molecule has 0 saturated heterocycles. The number of thiophene rings is 1. The number of ketones is 2. The van der Waals surface area contributed by atoms with E-state index in [4.69, 9.17) is 0 Å². The van der Waals surface area contributed by atoms with Gasteiger partial charge in [-0.15, -0.1) is 11.3 Å². The number of Topliss-reactive ketones (excluding diaryl/α,β-unsaturated/α-hetero) is 1. The highest BCUT2D eigenvalue weighted by Crippen LogP contribution is 2.33. The van der Waals surface area contributed by atoms with E-state index >= 15 is 0 Å². The topological polar surface area (TPSA) is 71.7 Å². The van der Waals surface area contributed by atoms with Crippen molar-refractivity contribution in [1.29, 1.82) is 0 Å². The molecule has 0 bridgehead atoms. The molecule has 1 aliphatic carbocycles. The van der Waals surface area contributed by atoms with Crippen molar-refractivity contribution in [2.45, 2.75) is 45.6 Å². The Kier molecular flexibility index (Phi) is 5.85. The average molecular weight is 459 g/mol. The summed E-state index contributed by atoms with van der Waals surface area (Å²) in [7, 11) is 0. The molecule has 0 unspecified atom stereocenters. The number of carbonyl (C=O) groups is 2. The Labute approximate surface area is 196 Å². The second-order valence-corrected chi connectivity index (χ2v) is 9.69. The summed E-state index contributed by atoms with van der Waals surface area (Å²) in [6.07, 6.45) is 5.02. The van der Waals surface area contributed by atoms with E-state index in [1.807, 2.05) is 53.9 Å². The molecular weight excluding hydrogens is 432 g/mol. The van der Waals surface area contributed by atoms with Crippen LogP contribution in [-0.4, -0.2) is 27.1 Å². The standard InChI is InChI=1S/C27H26N2O3S/c1-2-29-23-11-9-18(26(30)22(28-32)14-17-6-3-4-7-17)15-20(23)21-16-19(10-12-24(21)29)27(31)25-8-5-13-33-25/h5,8-13,15-17,32H,2-4,6-7,14H2,1H3/b28-22-. The highest BCUT2D eigenvalue weighted by atomic mass is 32.1. The largest absolute Gasteiger partial charge is 0.411 e. The SMILES string of the molecule is CCn1c2ccc(C(=O)/C(CC3CCCC3)=N\O)cc2c2cc(C(=O)c3cccs3)ccc21. The fraction of sp³-hybridized carbons (Fsp3) is 0.296. The van der Waals surface area contributed by atoms with Crippen molar-refractivity contribution in [3.05, 3.63) is 69.9 Å². The van der Waals surface area contributed by atoms with Gasteiger partial charge in [-0.25, -0.2) is 0 Å². The highest BCUT2D eigenvalue weighted by Gasteiger charge is 2.24. The van der Waals surface area contributed by atoms with Crippen molar-refractivity contribution in [1.82, 2.24) is 4.57 Å².